The van der Waals surface area contributed by atoms with Crippen molar-refractivity contribution in [3.05, 3.63) is 349 Å². The first kappa shape index (κ1) is 75.6. The Morgan fingerprint density at radius 3 is 0.851 bits per heavy atom. The Bertz CT molecular complexity index is 5160. The van der Waals surface area contributed by atoms with Crippen LogP contribution < -0.4 is 48.1 Å². The van der Waals surface area contributed by atoms with E-state index in [0.29, 0.717) is 58.9 Å². The summed E-state index contributed by atoms with van der Waals surface area (Å²) in [5, 5.41) is 21.1. The molecule has 0 bridgehead atoms. The van der Waals surface area contributed by atoms with Gasteiger partial charge in [-0.05, 0) is 157 Å². The molecule has 0 aliphatic rings. The smallest absolute Gasteiger partial charge is 0.178 e. The maximum absolute atomic E-state index is 15.9. The Labute approximate surface area is 643 Å². The molecule has 0 amide bonds. The lowest BCUT2D eigenvalue weighted by Crippen LogP contribution is -2.55. The second-order valence-electron chi connectivity index (χ2n) is 26.9. The number of para-hydroxylation sites is 4. The van der Waals surface area contributed by atoms with E-state index < -0.39 is 168 Å². The zero-order valence-electron chi connectivity index (χ0n) is 59.8. The van der Waals surface area contributed by atoms with Gasteiger partial charge >= 0.3 is 0 Å². The highest BCUT2D eigenvalue weighted by Crippen LogP contribution is 2.45. The van der Waals surface area contributed by atoms with E-state index in [1.165, 1.54) is 9.59 Å². The second kappa shape index (κ2) is 33.0. The fraction of sp³-hybridized carbons (Fsp3) is 0.114. The van der Waals surface area contributed by atoms with Crippen LogP contribution >= 0.6 is 0 Å². The molecule has 14 nitrogen and oxygen atoms in total. The Kier molecular flexibility index (Phi) is 21.9. The molecule has 114 heavy (non-hydrogen) atoms. The number of rotatable bonds is 30. The van der Waals surface area contributed by atoms with Crippen molar-refractivity contribution in [2.45, 2.75) is 13.1 Å². The Morgan fingerprint density at radius 2 is 0.561 bits per heavy atom. The molecule has 0 aliphatic carbocycles. The average molecular weight is 1560 g/mol. The molecule has 2 aromatic heterocycles. The minimum absolute atomic E-state index is 0.0848. The second-order valence-corrected chi connectivity index (χ2v) is 26.9. The van der Waals surface area contributed by atoms with Gasteiger partial charge in [-0.15, -0.1) is 0 Å². The van der Waals surface area contributed by atoms with Crippen molar-refractivity contribution >= 4 is 56.2 Å². The van der Waals surface area contributed by atoms with Crippen molar-refractivity contribution in [2.75, 3.05) is 49.4 Å². The molecule has 13 aromatic carbocycles. The van der Waals surface area contributed by atoms with Gasteiger partial charge in [0.1, 0.15) is 91.0 Å². The summed E-state index contributed by atoms with van der Waals surface area (Å²) in [5.74, 6) is -15.5. The van der Waals surface area contributed by atoms with E-state index >= 15 is 26.3 Å². The molecule has 15 aromatic rings. The van der Waals surface area contributed by atoms with Crippen LogP contribution in [0.4, 0.5) is 86.8 Å². The number of nitrogens with zero attached hydrogens (tertiary/aromatic N) is 8. The highest BCUT2D eigenvalue weighted by Gasteiger charge is 2.42. The normalized spacial score (nSPS) is 11.6. The quantitative estimate of drug-likeness (QED) is 0.0314. The van der Waals surface area contributed by atoms with Gasteiger partial charge in [0.25, 0.3) is 0 Å². The molecule has 0 fully saturated rings. The summed E-state index contributed by atoms with van der Waals surface area (Å²) in [5.41, 5.74) is 2.34. The molecule has 0 radical (unpaired) electrons. The SMILES string of the molecule is Fc1ccc(OCC(COc2ccc(F)cc2F)(COc2ccc(F)cc2F)Cn2nc3c(-c4ccc(N(c5ccccc5)c5ccccc5)cc4)c4n[n+](CC(COc5ccc(F)cc5F)(COc5ccc(F)cc5F)COc5ccc(F)cc5F)[n-]c4c(-c4ccc(N(c5ccccc5)c5ccccc5)cc4)c3n2)c(F)c1. The summed E-state index contributed by atoms with van der Waals surface area (Å²) >= 11 is 0. The van der Waals surface area contributed by atoms with Gasteiger partial charge in [-0.25, -0.2) is 52.7 Å². The number of benzene rings is 13. The van der Waals surface area contributed by atoms with Crippen LogP contribution in [0.25, 0.3) is 44.3 Å². The van der Waals surface area contributed by atoms with E-state index in [-0.39, 0.29) is 33.2 Å². The van der Waals surface area contributed by atoms with Gasteiger partial charge in [-0.1, -0.05) is 97.1 Å². The minimum Gasteiger partial charge on any atom is -0.490 e. The zero-order valence-corrected chi connectivity index (χ0v) is 59.8. The fourth-order valence-electron chi connectivity index (χ4n) is 13.1. The van der Waals surface area contributed by atoms with Crippen LogP contribution in [0.15, 0.2) is 279 Å². The van der Waals surface area contributed by atoms with Crippen LogP contribution in [0, 0.1) is 80.6 Å². The summed E-state index contributed by atoms with van der Waals surface area (Å²) in [4.78, 5) is 6.45. The number of aromatic nitrogens is 6. The first-order valence-electron chi connectivity index (χ1n) is 35.4. The Morgan fingerprint density at radius 1 is 0.298 bits per heavy atom. The van der Waals surface area contributed by atoms with Crippen molar-refractivity contribution < 1.29 is 85.9 Å². The largest absolute Gasteiger partial charge is 0.490 e. The van der Waals surface area contributed by atoms with E-state index in [2.05, 4.69) is 0 Å². The number of halogens is 12. The van der Waals surface area contributed by atoms with Crippen LogP contribution in [0.5, 0.6) is 34.5 Å². The van der Waals surface area contributed by atoms with E-state index in [0.717, 1.165) is 95.5 Å². The van der Waals surface area contributed by atoms with Gasteiger partial charge in [0.15, 0.2) is 75.9 Å². The number of ether oxygens (including phenoxy) is 6. The summed E-state index contributed by atoms with van der Waals surface area (Å²) in [6.07, 6.45) is 0. The summed E-state index contributed by atoms with van der Waals surface area (Å²) in [6.45, 7) is -5.32. The molecule has 0 unspecified atom stereocenters. The van der Waals surface area contributed by atoms with E-state index in [4.69, 9.17) is 48.8 Å². The lowest BCUT2D eigenvalue weighted by atomic mass is 9.91. The van der Waals surface area contributed by atoms with E-state index in [1.54, 1.807) is 24.3 Å². The van der Waals surface area contributed by atoms with Crippen LogP contribution in [-0.2, 0) is 13.1 Å². The van der Waals surface area contributed by atoms with E-state index in [1.807, 2.05) is 155 Å². The highest BCUT2D eigenvalue weighted by atomic mass is 19.2. The van der Waals surface area contributed by atoms with Crippen molar-refractivity contribution in [2.24, 2.45) is 10.8 Å². The third-order valence-electron chi connectivity index (χ3n) is 18.7. The monoisotopic (exact) mass is 1550 g/mol. The van der Waals surface area contributed by atoms with Gasteiger partial charge in [0, 0.05) is 92.7 Å². The van der Waals surface area contributed by atoms with Crippen LogP contribution in [0.2, 0.25) is 0 Å². The number of anilines is 6. The third-order valence-corrected chi connectivity index (χ3v) is 18.7. The topological polar surface area (TPSA) is 123 Å². The van der Waals surface area contributed by atoms with Crippen LogP contribution in [0.3, 0.4) is 0 Å². The minimum atomic E-state index is -1.88. The molecule has 0 saturated carbocycles. The molecule has 574 valence electrons. The number of hydrogen-bond donors (Lipinski definition) is 0. The number of hydrogen-bond acceptors (Lipinski definition) is 11. The van der Waals surface area contributed by atoms with Crippen LogP contribution in [-0.4, -0.2) is 59.7 Å². The van der Waals surface area contributed by atoms with Crippen molar-refractivity contribution in [3.63, 3.8) is 0 Å². The fourth-order valence-corrected chi connectivity index (χ4v) is 13.1. The predicted molar refractivity (Wildman–Crippen MR) is 403 cm³/mol. The summed E-state index contributed by atoms with van der Waals surface area (Å²) in [6, 6.07) is 67.9. The Balaban J connectivity index is 0.974. The lowest BCUT2D eigenvalue weighted by Gasteiger charge is -2.33. The van der Waals surface area contributed by atoms with Gasteiger partial charge in [-0.2, -0.15) is 30.0 Å². The standard InChI is InChI=1S/C88H62F12N8O6/c89-57-25-35-75(69(95)41-57)109-49-87(50-110-76-36-26-58(90)42-70(76)96,51-111-77-37-27-59(91)43-71(77)97)47-105-101-83-81(55-21-31-67(32-22-55)107(63-13-5-1-6-14-63)64-15-7-2-8-16-64)84-86(82(85(83)103-105)56-23-33-68(34-24-56)108(65-17-9-3-10-18-65)66-19-11-4-12-20-66)104-106(102-84)48-88(52-112-78-38-28-60(92)44-72(78)98,53-113-79-39-29-61(93)45-73(79)99)54-114-80-40-30-62(94)46-74(80)100/h1-46H,47-54H2. The summed E-state index contributed by atoms with van der Waals surface area (Å²) in [7, 11) is 0. The molecule has 26 heteroatoms. The molecule has 0 N–H and O–H groups in total. The van der Waals surface area contributed by atoms with Gasteiger partial charge in [-0.3, -0.25) is 0 Å². The van der Waals surface area contributed by atoms with Crippen molar-refractivity contribution in [1.29, 1.82) is 0 Å². The van der Waals surface area contributed by atoms with Gasteiger partial charge in [0.05, 0.1) is 12.0 Å². The number of fused-ring (bicyclic) bond motifs is 2. The third kappa shape index (κ3) is 16.9. The maximum Gasteiger partial charge on any atom is 0.178 e. The van der Waals surface area contributed by atoms with Gasteiger partial charge in [0.2, 0.25) is 0 Å². The first-order valence-corrected chi connectivity index (χ1v) is 35.4. The lowest BCUT2D eigenvalue weighted by molar-refractivity contribution is -0.814. The highest BCUT2D eigenvalue weighted by molar-refractivity contribution is 6.16. The predicted octanol–water partition coefficient (Wildman–Crippen LogP) is 20.6. The van der Waals surface area contributed by atoms with Gasteiger partial charge < -0.3 is 38.2 Å². The molecule has 0 atom stereocenters. The summed E-state index contributed by atoms with van der Waals surface area (Å²) < 4.78 is 220. The van der Waals surface area contributed by atoms with Crippen molar-refractivity contribution in [1.82, 2.24) is 25.2 Å². The molecule has 0 saturated heterocycles. The molecule has 0 aliphatic heterocycles. The van der Waals surface area contributed by atoms with Crippen LogP contribution in [0.1, 0.15) is 0 Å². The Hall–Kier alpha value is -13.8. The molecule has 0 spiro atoms. The van der Waals surface area contributed by atoms with E-state index in [9.17, 15) is 26.3 Å². The maximum atomic E-state index is 15.9. The molecule has 2 heterocycles. The average Bonchev–Trinajstić information content (AvgIpc) is 1.55. The van der Waals surface area contributed by atoms with Crippen molar-refractivity contribution in [3.8, 4) is 56.8 Å². The molecule has 15 rings (SSSR count). The molecular weight excluding hydrogens is 1490 g/mol. The molecular formula is C88H62F12N8O6. The first-order chi connectivity index (χ1) is 55.3. The zero-order chi connectivity index (χ0) is 79.0.